The maximum absolute atomic E-state index is 13.1. The Kier molecular flexibility index (Phi) is 3.46. The molecule has 4 rings (SSSR count). The Labute approximate surface area is 137 Å². The first-order valence-electron chi connectivity index (χ1n) is 7.20. The fourth-order valence-corrected chi connectivity index (χ4v) is 3.36. The van der Waals surface area contributed by atoms with Crippen LogP contribution in [-0.4, -0.2) is 26.3 Å². The normalized spacial score (nSPS) is 13.6. The van der Waals surface area contributed by atoms with Crippen molar-refractivity contribution in [3.05, 3.63) is 65.5 Å². The van der Waals surface area contributed by atoms with Crippen molar-refractivity contribution in [3.8, 4) is 11.4 Å². The van der Waals surface area contributed by atoms with Gasteiger partial charge in [0.05, 0.1) is 5.71 Å². The van der Waals surface area contributed by atoms with E-state index in [9.17, 15) is 4.39 Å². The molecule has 0 saturated carbocycles. The molecule has 0 amide bonds. The Morgan fingerprint density at radius 1 is 1.04 bits per heavy atom. The molecule has 6 heteroatoms. The number of hydrogen-bond donors (Lipinski definition) is 0. The molecule has 0 unspecified atom stereocenters. The highest BCUT2D eigenvalue weighted by Gasteiger charge is 2.21. The average molecular weight is 324 g/mol. The quantitative estimate of drug-likeness (QED) is 0.721. The van der Waals surface area contributed by atoms with Crippen molar-refractivity contribution < 1.29 is 4.39 Å². The standard InChI is InChI=1S/C17H13FN4S/c1-11-4-2-3-5-14(11)15-10-23-17-20-19-16(22(17)21-15)12-6-8-13(18)9-7-12/h2-9H,10H2,1H3. The summed E-state index contributed by atoms with van der Waals surface area (Å²) in [5, 5.41) is 13.9. The van der Waals surface area contributed by atoms with Crippen molar-refractivity contribution in [1.82, 2.24) is 14.9 Å². The molecular weight excluding hydrogens is 311 g/mol. The van der Waals surface area contributed by atoms with Crippen LogP contribution in [0.2, 0.25) is 0 Å². The van der Waals surface area contributed by atoms with E-state index < -0.39 is 0 Å². The van der Waals surface area contributed by atoms with Crippen molar-refractivity contribution in [3.63, 3.8) is 0 Å². The molecule has 0 N–H and O–H groups in total. The lowest BCUT2D eigenvalue weighted by atomic mass is 10.1. The van der Waals surface area contributed by atoms with E-state index in [1.807, 2.05) is 12.1 Å². The van der Waals surface area contributed by atoms with E-state index >= 15 is 0 Å². The lowest BCUT2D eigenvalue weighted by molar-refractivity contribution is 0.628. The number of fused-ring (bicyclic) bond motifs is 1. The Bertz CT molecular complexity index is 899. The van der Waals surface area contributed by atoms with Gasteiger partial charge in [0.2, 0.25) is 5.16 Å². The van der Waals surface area contributed by atoms with Gasteiger partial charge in [-0.3, -0.25) is 0 Å². The predicted molar refractivity (Wildman–Crippen MR) is 89.3 cm³/mol. The van der Waals surface area contributed by atoms with E-state index in [4.69, 9.17) is 5.10 Å². The van der Waals surface area contributed by atoms with Gasteiger partial charge in [-0.15, -0.1) is 10.2 Å². The van der Waals surface area contributed by atoms with Gasteiger partial charge in [0, 0.05) is 16.9 Å². The first-order valence-corrected chi connectivity index (χ1v) is 8.19. The largest absolute Gasteiger partial charge is 0.212 e. The van der Waals surface area contributed by atoms with Crippen LogP contribution in [0.4, 0.5) is 4.39 Å². The van der Waals surface area contributed by atoms with Crippen LogP contribution < -0.4 is 0 Å². The second kappa shape index (κ2) is 5.62. The Hall–Kier alpha value is -2.47. The average Bonchev–Trinajstić information content (AvgIpc) is 2.99. The molecule has 0 spiro atoms. The second-order valence-corrected chi connectivity index (χ2v) is 6.22. The molecule has 0 atom stereocenters. The van der Waals surface area contributed by atoms with Crippen LogP contribution in [0.3, 0.4) is 0 Å². The summed E-state index contributed by atoms with van der Waals surface area (Å²) >= 11 is 1.60. The van der Waals surface area contributed by atoms with Crippen LogP contribution in [0.15, 0.2) is 58.8 Å². The molecule has 1 aromatic heterocycles. The Morgan fingerprint density at radius 2 is 1.83 bits per heavy atom. The summed E-state index contributed by atoms with van der Waals surface area (Å²) in [7, 11) is 0. The van der Waals surface area contributed by atoms with Gasteiger partial charge in [-0.05, 0) is 36.8 Å². The molecule has 2 heterocycles. The molecule has 0 radical (unpaired) electrons. The summed E-state index contributed by atoms with van der Waals surface area (Å²) in [6.45, 7) is 2.07. The molecule has 1 aliphatic heterocycles. The fourth-order valence-electron chi connectivity index (χ4n) is 2.54. The summed E-state index contributed by atoms with van der Waals surface area (Å²) < 4.78 is 14.9. The SMILES string of the molecule is Cc1ccccc1C1=Nn2c(nnc2-c2ccc(F)cc2)SC1. The molecule has 23 heavy (non-hydrogen) atoms. The topological polar surface area (TPSA) is 43.1 Å². The van der Waals surface area contributed by atoms with Crippen LogP contribution in [-0.2, 0) is 0 Å². The van der Waals surface area contributed by atoms with E-state index in [0.29, 0.717) is 5.82 Å². The van der Waals surface area contributed by atoms with Gasteiger partial charge in [0.15, 0.2) is 5.82 Å². The van der Waals surface area contributed by atoms with Gasteiger partial charge in [0.1, 0.15) is 5.82 Å². The molecular formula is C17H13FN4S. The number of benzene rings is 2. The van der Waals surface area contributed by atoms with E-state index in [0.717, 1.165) is 27.7 Å². The van der Waals surface area contributed by atoms with Gasteiger partial charge < -0.3 is 0 Å². The minimum absolute atomic E-state index is 0.273. The molecule has 4 nitrogen and oxygen atoms in total. The minimum Gasteiger partial charge on any atom is -0.207 e. The lowest BCUT2D eigenvalue weighted by Crippen LogP contribution is -2.14. The summed E-state index contributed by atoms with van der Waals surface area (Å²) in [4.78, 5) is 0. The number of thioether (sulfide) groups is 1. The smallest absolute Gasteiger partial charge is 0.207 e. The highest BCUT2D eigenvalue weighted by molar-refractivity contribution is 7.99. The maximum atomic E-state index is 13.1. The van der Waals surface area contributed by atoms with Crippen molar-refractivity contribution in [2.45, 2.75) is 12.1 Å². The highest BCUT2D eigenvalue weighted by Crippen LogP contribution is 2.29. The van der Waals surface area contributed by atoms with E-state index in [1.165, 1.54) is 17.7 Å². The van der Waals surface area contributed by atoms with Crippen LogP contribution in [0.5, 0.6) is 0 Å². The van der Waals surface area contributed by atoms with Crippen molar-refractivity contribution in [2.75, 3.05) is 5.75 Å². The van der Waals surface area contributed by atoms with Gasteiger partial charge in [0.25, 0.3) is 0 Å². The number of hydrogen-bond acceptors (Lipinski definition) is 4. The molecule has 0 bridgehead atoms. The summed E-state index contributed by atoms with van der Waals surface area (Å²) in [6, 6.07) is 14.4. The summed E-state index contributed by atoms with van der Waals surface area (Å²) in [5.74, 6) is 1.11. The van der Waals surface area contributed by atoms with Crippen molar-refractivity contribution in [2.24, 2.45) is 5.10 Å². The third-order valence-corrected chi connectivity index (χ3v) is 4.66. The molecule has 1 aliphatic rings. The van der Waals surface area contributed by atoms with E-state index in [-0.39, 0.29) is 5.82 Å². The Morgan fingerprint density at radius 3 is 2.61 bits per heavy atom. The van der Waals surface area contributed by atoms with Crippen LogP contribution in [0, 0.1) is 12.7 Å². The maximum Gasteiger partial charge on any atom is 0.212 e. The molecule has 2 aromatic carbocycles. The highest BCUT2D eigenvalue weighted by atomic mass is 32.2. The fraction of sp³-hybridized carbons (Fsp3) is 0.118. The van der Waals surface area contributed by atoms with Crippen LogP contribution in [0.25, 0.3) is 11.4 Å². The molecule has 0 saturated heterocycles. The third-order valence-electron chi connectivity index (χ3n) is 3.73. The number of aromatic nitrogens is 3. The van der Waals surface area contributed by atoms with E-state index in [1.54, 1.807) is 28.6 Å². The zero-order chi connectivity index (χ0) is 15.8. The van der Waals surface area contributed by atoms with Crippen LogP contribution in [0.1, 0.15) is 11.1 Å². The first kappa shape index (κ1) is 14.1. The lowest BCUT2D eigenvalue weighted by Gasteiger charge is -2.15. The number of aryl methyl sites for hydroxylation is 1. The second-order valence-electron chi connectivity index (χ2n) is 5.28. The first-order chi connectivity index (χ1) is 11.2. The molecule has 114 valence electrons. The number of rotatable bonds is 2. The molecule has 0 fully saturated rings. The minimum atomic E-state index is -0.273. The summed E-state index contributed by atoms with van der Waals surface area (Å²) in [5.41, 5.74) is 4.10. The van der Waals surface area contributed by atoms with Gasteiger partial charge in [-0.1, -0.05) is 36.0 Å². The zero-order valence-electron chi connectivity index (χ0n) is 12.4. The van der Waals surface area contributed by atoms with Gasteiger partial charge in [-0.2, -0.15) is 9.78 Å². The zero-order valence-corrected chi connectivity index (χ0v) is 13.2. The molecule has 3 aromatic rings. The van der Waals surface area contributed by atoms with Gasteiger partial charge >= 0.3 is 0 Å². The van der Waals surface area contributed by atoms with Crippen molar-refractivity contribution >= 4 is 17.5 Å². The van der Waals surface area contributed by atoms with Crippen LogP contribution >= 0.6 is 11.8 Å². The molecule has 0 aliphatic carbocycles. The monoisotopic (exact) mass is 324 g/mol. The van der Waals surface area contributed by atoms with E-state index in [2.05, 4.69) is 29.3 Å². The van der Waals surface area contributed by atoms with Crippen molar-refractivity contribution in [1.29, 1.82) is 0 Å². The number of halogens is 1. The third kappa shape index (κ3) is 2.55. The number of nitrogens with zero attached hydrogens (tertiary/aromatic N) is 4. The summed E-state index contributed by atoms with van der Waals surface area (Å²) in [6.07, 6.45) is 0. The Balaban J connectivity index is 1.81. The predicted octanol–water partition coefficient (Wildman–Crippen LogP) is 3.75. The van der Waals surface area contributed by atoms with Gasteiger partial charge in [-0.25, -0.2) is 4.39 Å².